The molecule has 0 saturated heterocycles. The van der Waals surface area contributed by atoms with Crippen molar-refractivity contribution in [3.8, 4) is 0 Å². The average Bonchev–Trinajstić information content (AvgIpc) is 2.35. The SMILES string of the molecule is Cc1cc(C(=O)NCC(F)(F)CN)ccc1[N+](=O)[O-]. The first-order valence-corrected chi connectivity index (χ1v) is 5.38. The highest BCUT2D eigenvalue weighted by atomic mass is 19.3. The van der Waals surface area contributed by atoms with Gasteiger partial charge in [0.05, 0.1) is 18.0 Å². The van der Waals surface area contributed by atoms with Crippen molar-refractivity contribution in [3.05, 3.63) is 39.4 Å². The van der Waals surface area contributed by atoms with Crippen LogP contribution in [-0.2, 0) is 0 Å². The Morgan fingerprint density at radius 1 is 1.53 bits per heavy atom. The zero-order valence-electron chi connectivity index (χ0n) is 10.2. The van der Waals surface area contributed by atoms with Gasteiger partial charge in [-0.3, -0.25) is 14.9 Å². The zero-order chi connectivity index (χ0) is 14.6. The summed E-state index contributed by atoms with van der Waals surface area (Å²) >= 11 is 0. The van der Waals surface area contributed by atoms with E-state index in [1.807, 2.05) is 5.32 Å². The summed E-state index contributed by atoms with van der Waals surface area (Å²) in [4.78, 5) is 21.6. The number of rotatable bonds is 5. The summed E-state index contributed by atoms with van der Waals surface area (Å²) in [6, 6.07) is 3.64. The molecule has 0 aromatic heterocycles. The Morgan fingerprint density at radius 3 is 2.63 bits per heavy atom. The first kappa shape index (κ1) is 15.0. The predicted octanol–water partition coefficient (Wildman–Crippen LogP) is 1.23. The molecule has 6 nitrogen and oxygen atoms in total. The Morgan fingerprint density at radius 2 is 2.16 bits per heavy atom. The van der Waals surface area contributed by atoms with E-state index in [1.54, 1.807) is 0 Å². The Hall–Kier alpha value is -2.09. The summed E-state index contributed by atoms with van der Waals surface area (Å²) in [5.41, 5.74) is 5.06. The highest BCUT2D eigenvalue weighted by molar-refractivity contribution is 5.94. The van der Waals surface area contributed by atoms with Crippen molar-refractivity contribution >= 4 is 11.6 Å². The van der Waals surface area contributed by atoms with E-state index in [0.29, 0.717) is 0 Å². The largest absolute Gasteiger partial charge is 0.346 e. The number of nitro groups is 1. The van der Waals surface area contributed by atoms with Crippen molar-refractivity contribution in [2.75, 3.05) is 13.1 Å². The fraction of sp³-hybridized carbons (Fsp3) is 0.364. The first-order chi connectivity index (χ1) is 8.76. The Kier molecular flexibility index (Phi) is 4.49. The van der Waals surface area contributed by atoms with Crippen LogP contribution in [0.15, 0.2) is 18.2 Å². The number of nitrogens with one attached hydrogen (secondary N) is 1. The number of alkyl halides is 2. The third kappa shape index (κ3) is 3.95. The van der Waals surface area contributed by atoms with Gasteiger partial charge in [0.2, 0.25) is 0 Å². The summed E-state index contributed by atoms with van der Waals surface area (Å²) in [6.07, 6.45) is 0. The van der Waals surface area contributed by atoms with Crippen molar-refractivity contribution in [1.82, 2.24) is 5.32 Å². The van der Waals surface area contributed by atoms with Crippen LogP contribution >= 0.6 is 0 Å². The van der Waals surface area contributed by atoms with E-state index in [4.69, 9.17) is 5.73 Å². The van der Waals surface area contributed by atoms with Crippen molar-refractivity contribution in [1.29, 1.82) is 0 Å². The van der Waals surface area contributed by atoms with Gasteiger partial charge in [0.25, 0.3) is 17.5 Å². The Balaban J connectivity index is 2.79. The second-order valence-electron chi connectivity index (χ2n) is 4.00. The van der Waals surface area contributed by atoms with Crippen LogP contribution in [0.2, 0.25) is 0 Å². The zero-order valence-corrected chi connectivity index (χ0v) is 10.2. The van der Waals surface area contributed by atoms with Gasteiger partial charge < -0.3 is 11.1 Å². The second-order valence-corrected chi connectivity index (χ2v) is 4.00. The molecule has 0 fully saturated rings. The molecule has 0 aliphatic heterocycles. The van der Waals surface area contributed by atoms with Gasteiger partial charge in [-0.15, -0.1) is 0 Å². The number of hydrogen-bond donors (Lipinski definition) is 2. The number of halogens is 2. The van der Waals surface area contributed by atoms with Crippen molar-refractivity contribution < 1.29 is 18.5 Å². The number of amides is 1. The summed E-state index contributed by atoms with van der Waals surface area (Å²) in [5.74, 6) is -3.91. The van der Waals surface area contributed by atoms with Gasteiger partial charge in [0, 0.05) is 17.2 Å². The quantitative estimate of drug-likeness (QED) is 0.622. The summed E-state index contributed by atoms with van der Waals surface area (Å²) < 4.78 is 25.7. The smallest absolute Gasteiger partial charge is 0.277 e. The van der Waals surface area contributed by atoms with Crippen LogP contribution in [0.4, 0.5) is 14.5 Å². The number of aryl methyl sites for hydroxylation is 1. The third-order valence-corrected chi connectivity index (χ3v) is 2.46. The van der Waals surface area contributed by atoms with E-state index in [-0.39, 0.29) is 16.8 Å². The summed E-state index contributed by atoms with van der Waals surface area (Å²) in [7, 11) is 0. The van der Waals surface area contributed by atoms with Crippen LogP contribution in [-0.4, -0.2) is 29.8 Å². The Labute approximate surface area is 107 Å². The van der Waals surface area contributed by atoms with Crippen LogP contribution in [0.1, 0.15) is 15.9 Å². The maximum absolute atomic E-state index is 12.8. The molecule has 0 radical (unpaired) electrons. The van der Waals surface area contributed by atoms with Gasteiger partial charge in [-0.05, 0) is 19.1 Å². The molecule has 8 heteroatoms. The van der Waals surface area contributed by atoms with Crippen LogP contribution < -0.4 is 11.1 Å². The lowest BCUT2D eigenvalue weighted by atomic mass is 10.1. The minimum absolute atomic E-state index is 0.0796. The third-order valence-electron chi connectivity index (χ3n) is 2.46. The van der Waals surface area contributed by atoms with Crippen molar-refractivity contribution in [2.24, 2.45) is 5.73 Å². The lowest BCUT2D eigenvalue weighted by Crippen LogP contribution is -2.41. The number of nitrogens with zero attached hydrogens (tertiary/aromatic N) is 1. The molecule has 1 aromatic carbocycles. The summed E-state index contributed by atoms with van der Waals surface area (Å²) in [5, 5.41) is 12.6. The second kappa shape index (κ2) is 5.70. The van der Waals surface area contributed by atoms with Crippen LogP contribution in [0, 0.1) is 17.0 Å². The minimum atomic E-state index is -3.18. The molecule has 0 spiro atoms. The van der Waals surface area contributed by atoms with E-state index in [9.17, 15) is 23.7 Å². The fourth-order valence-electron chi connectivity index (χ4n) is 1.39. The monoisotopic (exact) mass is 273 g/mol. The van der Waals surface area contributed by atoms with Gasteiger partial charge in [-0.25, -0.2) is 8.78 Å². The average molecular weight is 273 g/mol. The lowest BCUT2D eigenvalue weighted by molar-refractivity contribution is -0.385. The van der Waals surface area contributed by atoms with Crippen LogP contribution in [0.25, 0.3) is 0 Å². The predicted molar refractivity (Wildman–Crippen MR) is 64.2 cm³/mol. The number of carbonyl (C=O) groups is 1. The number of nitro benzene ring substituents is 1. The first-order valence-electron chi connectivity index (χ1n) is 5.38. The van der Waals surface area contributed by atoms with Gasteiger partial charge in [-0.2, -0.15) is 0 Å². The van der Waals surface area contributed by atoms with Crippen LogP contribution in [0.5, 0.6) is 0 Å². The molecule has 104 valence electrons. The normalized spacial score (nSPS) is 11.2. The maximum atomic E-state index is 12.8. The van der Waals surface area contributed by atoms with E-state index in [2.05, 4.69) is 0 Å². The Bertz CT molecular complexity index is 506. The van der Waals surface area contributed by atoms with E-state index < -0.39 is 29.8 Å². The maximum Gasteiger partial charge on any atom is 0.277 e. The molecule has 0 aliphatic rings. The number of benzene rings is 1. The van der Waals surface area contributed by atoms with E-state index in [0.717, 1.165) is 6.07 Å². The summed E-state index contributed by atoms with van der Waals surface area (Å²) in [6.45, 7) is -0.283. The molecule has 3 N–H and O–H groups in total. The molecule has 0 bridgehead atoms. The van der Waals surface area contributed by atoms with Gasteiger partial charge in [-0.1, -0.05) is 0 Å². The highest BCUT2D eigenvalue weighted by Gasteiger charge is 2.27. The molecule has 0 unspecified atom stereocenters. The molecular weight excluding hydrogens is 260 g/mol. The lowest BCUT2D eigenvalue weighted by Gasteiger charge is -2.14. The highest BCUT2D eigenvalue weighted by Crippen LogP contribution is 2.19. The van der Waals surface area contributed by atoms with Crippen molar-refractivity contribution in [2.45, 2.75) is 12.8 Å². The fourth-order valence-corrected chi connectivity index (χ4v) is 1.39. The van der Waals surface area contributed by atoms with Crippen molar-refractivity contribution in [3.63, 3.8) is 0 Å². The molecule has 1 amide bonds. The minimum Gasteiger partial charge on any atom is -0.346 e. The molecule has 0 atom stereocenters. The van der Waals surface area contributed by atoms with Gasteiger partial charge in [0.15, 0.2) is 0 Å². The van der Waals surface area contributed by atoms with E-state index in [1.165, 1.54) is 19.1 Å². The molecular formula is C11H13F2N3O3. The molecule has 0 heterocycles. The molecule has 19 heavy (non-hydrogen) atoms. The topological polar surface area (TPSA) is 98.3 Å². The number of nitrogens with two attached hydrogens (primary N) is 1. The molecule has 1 rings (SSSR count). The van der Waals surface area contributed by atoms with Gasteiger partial charge in [0.1, 0.15) is 0 Å². The number of carbonyl (C=O) groups excluding carboxylic acids is 1. The molecule has 1 aromatic rings. The van der Waals surface area contributed by atoms with Gasteiger partial charge >= 0.3 is 0 Å². The standard InChI is InChI=1S/C11H13F2N3O3/c1-7-4-8(2-3-9(7)16(18)19)10(17)15-6-11(12,13)5-14/h2-4H,5-6,14H2,1H3,(H,15,17). The van der Waals surface area contributed by atoms with E-state index >= 15 is 0 Å². The molecule has 0 saturated carbocycles. The molecule has 0 aliphatic carbocycles. The van der Waals surface area contributed by atoms with Crippen LogP contribution in [0.3, 0.4) is 0 Å². The number of hydrogen-bond acceptors (Lipinski definition) is 4.